The molecule has 1 aromatic rings. The highest BCUT2D eigenvalue weighted by atomic mass is 14.0. The third kappa shape index (κ3) is 8.75. The molecule has 0 atom stereocenters. The Hall–Kier alpha value is -1.04. The van der Waals surface area contributed by atoms with E-state index in [1.807, 2.05) is 0 Å². The predicted octanol–water partition coefficient (Wildman–Crippen LogP) is 7.18. The lowest BCUT2D eigenvalue weighted by atomic mass is 9.99. The summed E-state index contributed by atoms with van der Waals surface area (Å²) in [4.78, 5) is 0. The van der Waals surface area contributed by atoms with E-state index in [0.717, 1.165) is 0 Å². The van der Waals surface area contributed by atoms with Gasteiger partial charge < -0.3 is 0 Å². The second-order valence-electron chi connectivity index (χ2n) is 6.11. The molecule has 21 heavy (non-hydrogen) atoms. The van der Waals surface area contributed by atoms with E-state index < -0.39 is 0 Å². The van der Waals surface area contributed by atoms with Gasteiger partial charge in [0.15, 0.2) is 0 Å². The topological polar surface area (TPSA) is 0 Å². The Morgan fingerprint density at radius 3 is 2.19 bits per heavy atom. The summed E-state index contributed by atoms with van der Waals surface area (Å²) in [5.41, 5.74) is 2.96. The third-order valence-electron chi connectivity index (χ3n) is 4.13. The number of allylic oxidation sites excluding steroid dienone is 1. The summed E-state index contributed by atoms with van der Waals surface area (Å²) >= 11 is 0. The largest absolute Gasteiger partial charge is 0.0839 e. The molecule has 0 aliphatic carbocycles. The van der Waals surface area contributed by atoms with Crippen molar-refractivity contribution in [3.63, 3.8) is 0 Å². The normalized spacial score (nSPS) is 11.3. The summed E-state index contributed by atoms with van der Waals surface area (Å²) in [6.45, 7) is 4.53. The van der Waals surface area contributed by atoms with Crippen molar-refractivity contribution in [1.82, 2.24) is 0 Å². The summed E-state index contributed by atoms with van der Waals surface area (Å²) in [5.74, 6) is 0. The summed E-state index contributed by atoms with van der Waals surface area (Å²) in [7, 11) is 0. The van der Waals surface area contributed by atoms with Crippen LogP contribution < -0.4 is 0 Å². The Morgan fingerprint density at radius 2 is 1.43 bits per heavy atom. The van der Waals surface area contributed by atoms with Gasteiger partial charge in [0.05, 0.1) is 0 Å². The van der Waals surface area contributed by atoms with Gasteiger partial charge in [-0.05, 0) is 30.4 Å². The fourth-order valence-electron chi connectivity index (χ4n) is 2.73. The maximum Gasteiger partial charge on any atom is -0.0228 e. The van der Waals surface area contributed by atoms with Crippen molar-refractivity contribution in [3.05, 3.63) is 41.5 Å². The van der Waals surface area contributed by atoms with E-state index in [9.17, 15) is 0 Å². The fourth-order valence-corrected chi connectivity index (χ4v) is 2.73. The maximum absolute atomic E-state index is 2.34. The average Bonchev–Trinajstić information content (AvgIpc) is 2.52. The van der Waals surface area contributed by atoms with Crippen molar-refractivity contribution in [2.45, 2.75) is 84.5 Å². The highest BCUT2D eigenvalue weighted by Gasteiger charge is 1.99. The Labute approximate surface area is 132 Å². The van der Waals surface area contributed by atoms with E-state index in [1.165, 1.54) is 81.8 Å². The first-order valence-electron chi connectivity index (χ1n) is 9.13. The van der Waals surface area contributed by atoms with Gasteiger partial charge in [-0.25, -0.2) is 0 Å². The fraction of sp³-hybridized carbons (Fsp3) is 0.619. The molecule has 0 amide bonds. The molecule has 0 heteroatoms. The summed E-state index contributed by atoms with van der Waals surface area (Å²) in [6.07, 6.45) is 19.4. The van der Waals surface area contributed by atoms with Crippen LogP contribution in [0.3, 0.4) is 0 Å². The van der Waals surface area contributed by atoms with Crippen LogP contribution in [0.25, 0.3) is 6.08 Å². The number of aryl methyl sites for hydroxylation is 1. The quantitative estimate of drug-likeness (QED) is 0.357. The first-order valence-corrected chi connectivity index (χ1v) is 9.13. The Kier molecular flexibility index (Phi) is 10.9. The van der Waals surface area contributed by atoms with Crippen molar-refractivity contribution in [3.8, 4) is 0 Å². The third-order valence-corrected chi connectivity index (χ3v) is 4.13. The lowest BCUT2D eigenvalue weighted by molar-refractivity contribution is 0.589. The molecular formula is C21H34. The summed E-state index contributed by atoms with van der Waals surface area (Å²) in [5, 5.41) is 0. The van der Waals surface area contributed by atoms with E-state index in [-0.39, 0.29) is 0 Å². The molecule has 0 radical (unpaired) electrons. The van der Waals surface area contributed by atoms with E-state index in [1.54, 1.807) is 0 Å². The monoisotopic (exact) mass is 286 g/mol. The van der Waals surface area contributed by atoms with Gasteiger partial charge in [-0.15, -0.1) is 0 Å². The van der Waals surface area contributed by atoms with Crippen LogP contribution in [-0.4, -0.2) is 0 Å². The van der Waals surface area contributed by atoms with Gasteiger partial charge in [0.1, 0.15) is 0 Å². The summed E-state index contributed by atoms with van der Waals surface area (Å²) < 4.78 is 0. The number of unbranched alkanes of at least 4 members (excludes halogenated alkanes) is 8. The smallest absolute Gasteiger partial charge is 0.0228 e. The van der Waals surface area contributed by atoms with Crippen LogP contribution in [0.15, 0.2) is 30.3 Å². The zero-order chi connectivity index (χ0) is 15.2. The molecule has 0 fully saturated rings. The second kappa shape index (κ2) is 12.7. The number of hydrogen-bond acceptors (Lipinski definition) is 0. The van der Waals surface area contributed by atoms with Gasteiger partial charge >= 0.3 is 0 Å². The molecule has 1 rings (SSSR count). The molecule has 0 aliphatic rings. The molecule has 0 saturated carbocycles. The number of hydrogen-bond donors (Lipinski definition) is 0. The van der Waals surface area contributed by atoms with Crippen molar-refractivity contribution in [1.29, 1.82) is 0 Å². The Balaban J connectivity index is 2.29. The molecule has 0 unspecified atom stereocenters. The van der Waals surface area contributed by atoms with Crippen LogP contribution in [0.4, 0.5) is 0 Å². The maximum atomic E-state index is 2.34. The average molecular weight is 287 g/mol. The van der Waals surface area contributed by atoms with E-state index in [0.29, 0.717) is 0 Å². The van der Waals surface area contributed by atoms with Crippen molar-refractivity contribution >= 4 is 6.08 Å². The predicted molar refractivity (Wildman–Crippen MR) is 96.7 cm³/mol. The van der Waals surface area contributed by atoms with Gasteiger partial charge in [-0.1, -0.05) is 102 Å². The molecule has 0 spiro atoms. The molecule has 118 valence electrons. The zero-order valence-corrected chi connectivity index (χ0v) is 14.2. The first kappa shape index (κ1) is 18.0. The number of benzene rings is 1. The van der Waals surface area contributed by atoms with Gasteiger partial charge in [0.25, 0.3) is 0 Å². The first-order chi connectivity index (χ1) is 10.4. The van der Waals surface area contributed by atoms with E-state index >= 15 is 0 Å². The van der Waals surface area contributed by atoms with Crippen LogP contribution in [0, 0.1) is 0 Å². The second-order valence-corrected chi connectivity index (χ2v) is 6.11. The minimum Gasteiger partial charge on any atom is -0.0839 e. The molecule has 0 N–H and O–H groups in total. The molecule has 0 saturated heterocycles. The van der Waals surface area contributed by atoms with Crippen molar-refractivity contribution in [2.24, 2.45) is 0 Å². The highest BCUT2D eigenvalue weighted by molar-refractivity contribution is 5.53. The van der Waals surface area contributed by atoms with Crippen molar-refractivity contribution in [2.75, 3.05) is 0 Å². The lowest BCUT2D eigenvalue weighted by Crippen LogP contribution is -1.90. The number of rotatable bonds is 12. The van der Waals surface area contributed by atoms with Gasteiger partial charge in [0, 0.05) is 0 Å². The molecule has 0 aromatic heterocycles. The van der Waals surface area contributed by atoms with Crippen LogP contribution in [-0.2, 0) is 6.42 Å². The lowest BCUT2D eigenvalue weighted by Gasteiger charge is -2.06. The van der Waals surface area contributed by atoms with Crippen LogP contribution >= 0.6 is 0 Å². The standard InChI is InChI=1S/C21H34/c1-3-5-7-9-10-11-13-17-21-19-15-14-18-20(21)16-12-8-6-4-2/h12,14-16,18-19H,3-11,13,17H2,1-2H3. The van der Waals surface area contributed by atoms with Crippen LogP contribution in [0.5, 0.6) is 0 Å². The van der Waals surface area contributed by atoms with Crippen LogP contribution in [0.2, 0.25) is 0 Å². The molecule has 0 heterocycles. The molecule has 0 nitrogen and oxygen atoms in total. The van der Waals surface area contributed by atoms with Gasteiger partial charge in [-0.3, -0.25) is 0 Å². The van der Waals surface area contributed by atoms with Crippen LogP contribution in [0.1, 0.15) is 89.2 Å². The molecule has 0 bridgehead atoms. The minimum atomic E-state index is 1.21. The summed E-state index contributed by atoms with van der Waals surface area (Å²) in [6, 6.07) is 8.91. The van der Waals surface area contributed by atoms with E-state index in [2.05, 4.69) is 50.3 Å². The molecule has 0 aliphatic heterocycles. The minimum absolute atomic E-state index is 1.21. The Bertz CT molecular complexity index is 375. The van der Waals surface area contributed by atoms with Gasteiger partial charge in [-0.2, -0.15) is 0 Å². The molecular weight excluding hydrogens is 252 g/mol. The van der Waals surface area contributed by atoms with E-state index in [4.69, 9.17) is 0 Å². The highest BCUT2D eigenvalue weighted by Crippen LogP contribution is 2.16. The Morgan fingerprint density at radius 1 is 0.762 bits per heavy atom. The van der Waals surface area contributed by atoms with Crippen molar-refractivity contribution < 1.29 is 0 Å². The van der Waals surface area contributed by atoms with Gasteiger partial charge in [0.2, 0.25) is 0 Å². The zero-order valence-electron chi connectivity index (χ0n) is 14.2. The molecule has 1 aromatic carbocycles. The SMILES string of the molecule is CCCCC=Cc1ccccc1CCCCCCCCC.